The lowest BCUT2D eigenvalue weighted by Crippen LogP contribution is -2.32. The first-order valence-electron chi connectivity index (χ1n) is 10.4. The highest BCUT2D eigenvalue weighted by Crippen LogP contribution is 2.26. The molecule has 1 atom stereocenters. The van der Waals surface area contributed by atoms with Crippen molar-refractivity contribution in [1.29, 1.82) is 0 Å². The molecule has 5 rings (SSSR count). The molecule has 0 spiro atoms. The SMILES string of the molecule is Cc1nn2cnccc2c1C(=O)N[C@@H](C)c1cc2cccc(Cl)c2c(=O)n1-c1ccccc1. The van der Waals surface area contributed by atoms with E-state index in [-0.39, 0.29) is 11.5 Å². The molecule has 0 saturated heterocycles. The fourth-order valence-corrected chi connectivity index (χ4v) is 4.42. The maximum atomic E-state index is 13.6. The molecule has 8 heteroatoms. The molecule has 3 aromatic heterocycles. The van der Waals surface area contributed by atoms with Crippen LogP contribution in [0, 0.1) is 6.92 Å². The normalized spacial score (nSPS) is 12.2. The average Bonchev–Trinajstić information content (AvgIpc) is 3.15. The summed E-state index contributed by atoms with van der Waals surface area (Å²) in [5.41, 5.74) is 2.83. The van der Waals surface area contributed by atoms with Crippen molar-refractivity contribution in [2.24, 2.45) is 0 Å². The molecule has 7 nitrogen and oxygen atoms in total. The summed E-state index contributed by atoms with van der Waals surface area (Å²) in [6.07, 6.45) is 3.18. The van der Waals surface area contributed by atoms with E-state index in [1.165, 1.54) is 0 Å². The van der Waals surface area contributed by atoms with Crippen LogP contribution in [-0.2, 0) is 0 Å². The van der Waals surface area contributed by atoms with Crippen LogP contribution in [0.3, 0.4) is 0 Å². The molecule has 0 unspecified atom stereocenters. The van der Waals surface area contributed by atoms with Gasteiger partial charge in [0.2, 0.25) is 0 Å². The Bertz CT molecular complexity index is 1570. The van der Waals surface area contributed by atoms with Crippen LogP contribution in [0.1, 0.15) is 34.7 Å². The van der Waals surface area contributed by atoms with E-state index in [0.717, 1.165) is 0 Å². The van der Waals surface area contributed by atoms with Gasteiger partial charge < -0.3 is 5.32 Å². The largest absolute Gasteiger partial charge is 0.344 e. The van der Waals surface area contributed by atoms with Crippen molar-refractivity contribution in [1.82, 2.24) is 24.5 Å². The maximum Gasteiger partial charge on any atom is 0.264 e. The number of carbonyl (C=O) groups is 1. The number of aromatic nitrogens is 4. The monoisotopic (exact) mass is 457 g/mol. The lowest BCUT2D eigenvalue weighted by Gasteiger charge is -2.21. The molecule has 0 bridgehead atoms. The van der Waals surface area contributed by atoms with Crippen molar-refractivity contribution in [3.05, 3.63) is 106 Å². The second kappa shape index (κ2) is 8.18. The predicted octanol–water partition coefficient (Wildman–Crippen LogP) is 4.49. The van der Waals surface area contributed by atoms with Crippen molar-refractivity contribution in [2.45, 2.75) is 19.9 Å². The fourth-order valence-electron chi connectivity index (χ4n) is 4.15. The number of fused-ring (bicyclic) bond motifs is 2. The van der Waals surface area contributed by atoms with Gasteiger partial charge in [-0.05, 0) is 49.6 Å². The molecule has 164 valence electrons. The summed E-state index contributed by atoms with van der Waals surface area (Å²) >= 11 is 6.38. The van der Waals surface area contributed by atoms with Gasteiger partial charge in [-0.1, -0.05) is 41.9 Å². The molecule has 0 saturated carbocycles. The van der Waals surface area contributed by atoms with E-state index in [0.29, 0.717) is 44.0 Å². The lowest BCUT2D eigenvalue weighted by atomic mass is 10.1. The maximum absolute atomic E-state index is 13.6. The Morgan fingerprint density at radius 2 is 1.88 bits per heavy atom. The number of nitrogens with zero attached hydrogens (tertiary/aromatic N) is 4. The molecular weight excluding hydrogens is 438 g/mol. The minimum Gasteiger partial charge on any atom is -0.344 e. The van der Waals surface area contributed by atoms with Crippen LogP contribution in [0.4, 0.5) is 0 Å². The van der Waals surface area contributed by atoms with E-state index in [9.17, 15) is 9.59 Å². The van der Waals surface area contributed by atoms with Crippen LogP contribution in [0.5, 0.6) is 0 Å². The van der Waals surface area contributed by atoms with Crippen LogP contribution < -0.4 is 10.9 Å². The standard InChI is InChI=1S/C25H20ClN5O2/c1-15(28-24(32)22-16(2)29-30-14-27-12-11-20(22)30)21-13-17-7-6-10-19(26)23(17)25(33)31(21)18-8-4-3-5-9-18/h3-15H,1-2H3,(H,28,32)/t15-/m0/s1. The molecule has 0 aliphatic rings. The Kier molecular flexibility index (Phi) is 5.18. The number of carbonyl (C=O) groups excluding carboxylic acids is 1. The summed E-state index contributed by atoms with van der Waals surface area (Å²) in [6, 6.07) is 17.8. The van der Waals surface area contributed by atoms with Crippen LogP contribution in [0.25, 0.3) is 22.0 Å². The highest BCUT2D eigenvalue weighted by Gasteiger charge is 2.22. The summed E-state index contributed by atoms with van der Waals surface area (Å²) in [4.78, 5) is 30.9. The minimum absolute atomic E-state index is 0.237. The van der Waals surface area contributed by atoms with Gasteiger partial charge in [0.15, 0.2) is 0 Å². The number of hydrogen-bond acceptors (Lipinski definition) is 4. The van der Waals surface area contributed by atoms with E-state index < -0.39 is 6.04 Å². The first kappa shape index (κ1) is 20.9. The summed E-state index contributed by atoms with van der Waals surface area (Å²) in [5, 5.41) is 8.96. The molecule has 0 aliphatic carbocycles. The summed E-state index contributed by atoms with van der Waals surface area (Å²) in [6.45, 7) is 3.63. The van der Waals surface area contributed by atoms with Crippen molar-refractivity contribution in [3.63, 3.8) is 0 Å². The highest BCUT2D eigenvalue weighted by molar-refractivity contribution is 6.35. The second-order valence-electron chi connectivity index (χ2n) is 7.82. The van der Waals surface area contributed by atoms with Gasteiger partial charge >= 0.3 is 0 Å². The van der Waals surface area contributed by atoms with Crippen molar-refractivity contribution >= 4 is 33.8 Å². The third-order valence-corrected chi connectivity index (χ3v) is 5.99. The van der Waals surface area contributed by atoms with Crippen LogP contribution in [-0.4, -0.2) is 25.1 Å². The third-order valence-electron chi connectivity index (χ3n) is 5.67. The molecule has 5 aromatic rings. The molecule has 3 heterocycles. The third kappa shape index (κ3) is 3.56. The van der Waals surface area contributed by atoms with E-state index in [1.54, 1.807) is 46.7 Å². The van der Waals surface area contributed by atoms with Gasteiger partial charge in [0, 0.05) is 17.6 Å². The minimum atomic E-state index is -0.482. The Labute approximate surface area is 194 Å². The quantitative estimate of drug-likeness (QED) is 0.431. The zero-order valence-corrected chi connectivity index (χ0v) is 18.7. The molecule has 33 heavy (non-hydrogen) atoms. The smallest absolute Gasteiger partial charge is 0.264 e. The number of benzene rings is 2. The molecule has 0 fully saturated rings. The average molecular weight is 458 g/mol. The molecule has 1 amide bonds. The highest BCUT2D eigenvalue weighted by atomic mass is 35.5. The van der Waals surface area contributed by atoms with E-state index in [1.807, 2.05) is 49.4 Å². The van der Waals surface area contributed by atoms with Gasteiger partial charge in [-0.15, -0.1) is 0 Å². The number of aryl methyl sites for hydroxylation is 1. The molecule has 0 aliphatic heterocycles. The molecule has 0 radical (unpaired) electrons. The number of hydrogen-bond donors (Lipinski definition) is 1. The van der Waals surface area contributed by atoms with Crippen LogP contribution in [0.15, 0.2) is 78.0 Å². The first-order valence-corrected chi connectivity index (χ1v) is 10.8. The zero-order valence-electron chi connectivity index (χ0n) is 18.0. The van der Waals surface area contributed by atoms with Crippen molar-refractivity contribution in [2.75, 3.05) is 0 Å². The Hall–Kier alpha value is -3.97. The number of halogens is 1. The lowest BCUT2D eigenvalue weighted by molar-refractivity contribution is 0.0939. The van der Waals surface area contributed by atoms with Crippen LogP contribution in [0.2, 0.25) is 5.02 Å². The van der Waals surface area contributed by atoms with E-state index >= 15 is 0 Å². The number of rotatable bonds is 4. The Balaban J connectivity index is 1.64. The summed E-state index contributed by atoms with van der Waals surface area (Å²) < 4.78 is 3.18. The topological polar surface area (TPSA) is 81.3 Å². The fraction of sp³-hybridized carbons (Fsp3) is 0.120. The van der Waals surface area contributed by atoms with Gasteiger partial charge in [-0.2, -0.15) is 5.10 Å². The van der Waals surface area contributed by atoms with Gasteiger partial charge in [-0.25, -0.2) is 9.50 Å². The van der Waals surface area contributed by atoms with E-state index in [4.69, 9.17) is 11.6 Å². The van der Waals surface area contributed by atoms with Gasteiger partial charge in [-0.3, -0.25) is 14.2 Å². The van der Waals surface area contributed by atoms with Crippen molar-refractivity contribution < 1.29 is 4.79 Å². The van der Waals surface area contributed by atoms with Crippen molar-refractivity contribution in [3.8, 4) is 5.69 Å². The Morgan fingerprint density at radius 1 is 1.09 bits per heavy atom. The van der Waals surface area contributed by atoms with E-state index in [2.05, 4.69) is 15.4 Å². The van der Waals surface area contributed by atoms with Gasteiger partial charge in [0.25, 0.3) is 11.5 Å². The number of nitrogens with one attached hydrogen (secondary N) is 1. The second-order valence-corrected chi connectivity index (χ2v) is 8.22. The number of para-hydroxylation sites is 1. The summed E-state index contributed by atoms with van der Waals surface area (Å²) in [7, 11) is 0. The summed E-state index contributed by atoms with van der Waals surface area (Å²) in [5.74, 6) is -0.278. The molecular formula is C25H20ClN5O2. The zero-order chi connectivity index (χ0) is 23.1. The molecule has 2 aromatic carbocycles. The van der Waals surface area contributed by atoms with Crippen LogP contribution >= 0.6 is 11.6 Å². The number of pyridine rings is 1. The van der Waals surface area contributed by atoms with Gasteiger partial charge in [0.05, 0.1) is 33.2 Å². The first-order chi connectivity index (χ1) is 16.0. The molecule has 1 N–H and O–H groups in total. The number of amides is 1. The Morgan fingerprint density at radius 3 is 2.67 bits per heavy atom. The van der Waals surface area contributed by atoms with Gasteiger partial charge in [0.1, 0.15) is 6.33 Å². The predicted molar refractivity (Wildman–Crippen MR) is 128 cm³/mol.